The Bertz CT molecular complexity index is 1200. The lowest BCUT2D eigenvalue weighted by Crippen LogP contribution is -2.32. The van der Waals surface area contributed by atoms with Crippen LogP contribution in [0.4, 0.5) is 5.69 Å². The number of nitrogens with one attached hydrogen (secondary N) is 1. The number of halogens is 1. The second kappa shape index (κ2) is 10.9. The molecule has 0 spiro atoms. The van der Waals surface area contributed by atoms with Crippen LogP contribution in [-0.2, 0) is 16.6 Å². The van der Waals surface area contributed by atoms with Crippen LogP contribution in [0.1, 0.15) is 48.2 Å². The monoisotopic (exact) mass is 484 g/mol. The summed E-state index contributed by atoms with van der Waals surface area (Å²) in [6.07, 6.45) is 1.91. The van der Waals surface area contributed by atoms with Crippen molar-refractivity contribution in [3.05, 3.63) is 94.5 Å². The van der Waals surface area contributed by atoms with Crippen molar-refractivity contribution in [3.63, 3.8) is 0 Å². The standard InChI is InChI=1S/C26H29ClN2O3S/c1-4-8-20(3)28-26(30)22-14-12-21(13-15-22)18-29(25-17-23(27)16-11-19(25)2)33(31,32)24-9-6-5-7-10-24/h5-7,9-17,20H,4,8,18H2,1-3H3,(H,28,30)/t20-/m1/s1. The van der Waals surface area contributed by atoms with Gasteiger partial charge >= 0.3 is 0 Å². The number of sulfonamides is 1. The molecule has 1 atom stereocenters. The van der Waals surface area contributed by atoms with Crippen LogP contribution in [0.5, 0.6) is 0 Å². The van der Waals surface area contributed by atoms with Gasteiger partial charge in [0.25, 0.3) is 15.9 Å². The van der Waals surface area contributed by atoms with Gasteiger partial charge in [-0.1, -0.05) is 61.3 Å². The van der Waals surface area contributed by atoms with E-state index in [0.29, 0.717) is 16.3 Å². The van der Waals surface area contributed by atoms with E-state index in [4.69, 9.17) is 11.6 Å². The van der Waals surface area contributed by atoms with Crippen LogP contribution in [0.15, 0.2) is 77.7 Å². The maximum Gasteiger partial charge on any atom is 0.264 e. The fourth-order valence-electron chi connectivity index (χ4n) is 3.61. The summed E-state index contributed by atoms with van der Waals surface area (Å²) in [5.74, 6) is -0.137. The molecule has 0 saturated carbocycles. The third kappa shape index (κ3) is 6.15. The maximum atomic E-state index is 13.6. The van der Waals surface area contributed by atoms with Gasteiger partial charge in [-0.2, -0.15) is 0 Å². The van der Waals surface area contributed by atoms with E-state index in [1.807, 2.05) is 13.8 Å². The molecule has 33 heavy (non-hydrogen) atoms. The minimum Gasteiger partial charge on any atom is -0.350 e. The van der Waals surface area contributed by atoms with Gasteiger partial charge in [-0.15, -0.1) is 0 Å². The van der Waals surface area contributed by atoms with Gasteiger partial charge in [0.2, 0.25) is 0 Å². The molecule has 1 N–H and O–H groups in total. The van der Waals surface area contributed by atoms with Crippen LogP contribution < -0.4 is 9.62 Å². The fourth-order valence-corrected chi connectivity index (χ4v) is 5.31. The minimum absolute atomic E-state index is 0.0967. The van der Waals surface area contributed by atoms with Gasteiger partial charge in [0, 0.05) is 16.6 Å². The molecule has 0 aliphatic carbocycles. The SMILES string of the molecule is CCC[C@@H](C)NC(=O)c1ccc(CN(c2cc(Cl)ccc2C)S(=O)(=O)c2ccccc2)cc1. The van der Waals surface area contributed by atoms with Gasteiger partial charge in [0.15, 0.2) is 0 Å². The zero-order valence-electron chi connectivity index (χ0n) is 19.1. The maximum absolute atomic E-state index is 13.6. The molecule has 0 aliphatic heterocycles. The predicted octanol–water partition coefficient (Wildman–Crippen LogP) is 5.96. The van der Waals surface area contributed by atoms with Gasteiger partial charge in [-0.05, 0) is 67.8 Å². The number of aryl methyl sites for hydroxylation is 1. The average Bonchev–Trinajstić information content (AvgIpc) is 2.80. The predicted molar refractivity (Wildman–Crippen MR) is 134 cm³/mol. The summed E-state index contributed by atoms with van der Waals surface area (Å²) in [5.41, 5.74) is 2.60. The molecule has 174 valence electrons. The molecule has 1 amide bonds. The van der Waals surface area contributed by atoms with Crippen LogP contribution in [0, 0.1) is 6.92 Å². The van der Waals surface area contributed by atoms with Gasteiger partial charge in [0.1, 0.15) is 0 Å². The summed E-state index contributed by atoms with van der Waals surface area (Å²) in [7, 11) is -3.84. The summed E-state index contributed by atoms with van der Waals surface area (Å²) in [6, 6.07) is 20.6. The zero-order valence-corrected chi connectivity index (χ0v) is 20.7. The van der Waals surface area contributed by atoms with Crippen molar-refractivity contribution in [2.75, 3.05) is 4.31 Å². The Kier molecular flexibility index (Phi) is 8.16. The number of amides is 1. The molecule has 3 aromatic rings. The van der Waals surface area contributed by atoms with Crippen molar-refractivity contribution in [1.29, 1.82) is 0 Å². The fraction of sp³-hybridized carbons (Fsp3) is 0.269. The number of hydrogen-bond acceptors (Lipinski definition) is 3. The first-order chi connectivity index (χ1) is 15.7. The molecular weight excluding hydrogens is 456 g/mol. The van der Waals surface area contributed by atoms with E-state index in [1.54, 1.807) is 72.8 Å². The van der Waals surface area contributed by atoms with E-state index in [1.165, 1.54) is 4.31 Å². The molecule has 3 aromatic carbocycles. The molecule has 5 nitrogen and oxygen atoms in total. The Morgan fingerprint density at radius 2 is 1.70 bits per heavy atom. The lowest BCUT2D eigenvalue weighted by molar-refractivity contribution is 0.0938. The molecule has 7 heteroatoms. The topological polar surface area (TPSA) is 66.5 Å². The number of anilines is 1. The van der Waals surface area contributed by atoms with Crippen molar-refractivity contribution >= 4 is 33.2 Å². The van der Waals surface area contributed by atoms with Crippen molar-refractivity contribution < 1.29 is 13.2 Å². The highest BCUT2D eigenvalue weighted by Crippen LogP contribution is 2.31. The number of carbonyl (C=O) groups excluding carboxylic acids is 1. The molecule has 3 rings (SSSR count). The molecule has 0 aromatic heterocycles. The summed E-state index contributed by atoms with van der Waals surface area (Å²) in [5, 5.41) is 3.44. The lowest BCUT2D eigenvalue weighted by atomic mass is 10.1. The second-order valence-corrected chi connectivity index (χ2v) is 10.4. The number of rotatable bonds is 9. The Labute approximate surface area is 201 Å². The molecular formula is C26H29ClN2O3S. The third-order valence-electron chi connectivity index (χ3n) is 5.41. The molecule has 0 unspecified atom stereocenters. The molecule has 0 aliphatic rings. The Morgan fingerprint density at radius 3 is 2.33 bits per heavy atom. The van der Waals surface area contributed by atoms with Gasteiger partial charge < -0.3 is 5.32 Å². The van der Waals surface area contributed by atoms with Crippen molar-refractivity contribution in [3.8, 4) is 0 Å². The van der Waals surface area contributed by atoms with Crippen LogP contribution in [0.3, 0.4) is 0 Å². The van der Waals surface area contributed by atoms with Crippen molar-refractivity contribution in [1.82, 2.24) is 5.32 Å². The van der Waals surface area contributed by atoms with E-state index in [-0.39, 0.29) is 23.4 Å². The number of benzene rings is 3. The van der Waals surface area contributed by atoms with Gasteiger partial charge in [-0.25, -0.2) is 8.42 Å². The zero-order chi connectivity index (χ0) is 24.0. The average molecular weight is 485 g/mol. The molecule has 0 bridgehead atoms. The van der Waals surface area contributed by atoms with E-state index in [2.05, 4.69) is 12.2 Å². The first kappa shape index (κ1) is 24.8. The van der Waals surface area contributed by atoms with Crippen molar-refractivity contribution in [2.24, 2.45) is 0 Å². The lowest BCUT2D eigenvalue weighted by Gasteiger charge is -2.26. The Morgan fingerprint density at radius 1 is 1.03 bits per heavy atom. The number of carbonyl (C=O) groups is 1. The van der Waals surface area contributed by atoms with Crippen LogP contribution in [-0.4, -0.2) is 20.4 Å². The largest absolute Gasteiger partial charge is 0.350 e. The summed E-state index contributed by atoms with van der Waals surface area (Å²) in [4.78, 5) is 12.7. The Balaban J connectivity index is 1.93. The van der Waals surface area contributed by atoms with E-state index >= 15 is 0 Å². The second-order valence-electron chi connectivity index (χ2n) is 8.12. The number of hydrogen-bond donors (Lipinski definition) is 1. The summed E-state index contributed by atoms with van der Waals surface area (Å²) >= 11 is 6.21. The highest BCUT2D eigenvalue weighted by atomic mass is 35.5. The smallest absolute Gasteiger partial charge is 0.264 e. The van der Waals surface area contributed by atoms with Gasteiger partial charge in [-0.3, -0.25) is 9.10 Å². The normalized spacial score (nSPS) is 12.2. The number of nitrogens with zero attached hydrogens (tertiary/aromatic N) is 1. The molecule has 0 radical (unpaired) electrons. The summed E-state index contributed by atoms with van der Waals surface area (Å²) in [6.45, 7) is 6.01. The first-order valence-corrected chi connectivity index (χ1v) is 12.8. The van der Waals surface area contributed by atoms with E-state index in [0.717, 1.165) is 24.0 Å². The molecule has 0 fully saturated rings. The third-order valence-corrected chi connectivity index (χ3v) is 7.42. The summed E-state index contributed by atoms with van der Waals surface area (Å²) < 4.78 is 28.5. The molecule has 0 saturated heterocycles. The van der Waals surface area contributed by atoms with E-state index < -0.39 is 10.0 Å². The molecule has 0 heterocycles. The van der Waals surface area contributed by atoms with Gasteiger partial charge in [0.05, 0.1) is 17.1 Å². The quantitative estimate of drug-likeness (QED) is 0.407. The Hall–Kier alpha value is -2.83. The van der Waals surface area contributed by atoms with Crippen LogP contribution >= 0.6 is 11.6 Å². The van der Waals surface area contributed by atoms with Crippen LogP contribution in [0.25, 0.3) is 0 Å². The highest BCUT2D eigenvalue weighted by Gasteiger charge is 2.26. The van der Waals surface area contributed by atoms with E-state index in [9.17, 15) is 13.2 Å². The van der Waals surface area contributed by atoms with Crippen LogP contribution in [0.2, 0.25) is 5.02 Å². The van der Waals surface area contributed by atoms with Crippen molar-refractivity contribution in [2.45, 2.75) is 51.1 Å². The highest BCUT2D eigenvalue weighted by molar-refractivity contribution is 7.92. The first-order valence-electron chi connectivity index (χ1n) is 11.0. The minimum atomic E-state index is -3.84.